The molecule has 3 nitrogen and oxygen atoms in total. The van der Waals surface area contributed by atoms with Crippen LogP contribution in [0.3, 0.4) is 0 Å². The summed E-state index contributed by atoms with van der Waals surface area (Å²) < 4.78 is 5.08. The molecule has 0 spiro atoms. The van der Waals surface area contributed by atoms with E-state index < -0.39 is 0 Å². The van der Waals surface area contributed by atoms with E-state index in [9.17, 15) is 5.11 Å². The van der Waals surface area contributed by atoms with Gasteiger partial charge in [0.05, 0.1) is 6.61 Å². The SMILES string of the molecule is COCCC(C)N1CCCCC1CO. The Hall–Kier alpha value is -0.120. The normalized spacial score (nSPS) is 26.4. The number of rotatable bonds is 5. The molecule has 1 N–H and O–H groups in total. The molecule has 0 aromatic rings. The average molecular weight is 201 g/mol. The second kappa shape index (κ2) is 6.38. The Morgan fingerprint density at radius 2 is 2.29 bits per heavy atom. The van der Waals surface area contributed by atoms with Crippen LogP contribution in [-0.2, 0) is 4.74 Å². The molecule has 2 unspecified atom stereocenters. The van der Waals surface area contributed by atoms with Crippen LogP contribution in [0.2, 0.25) is 0 Å². The molecule has 1 saturated heterocycles. The van der Waals surface area contributed by atoms with E-state index in [4.69, 9.17) is 4.74 Å². The number of aliphatic hydroxyl groups excluding tert-OH is 1. The van der Waals surface area contributed by atoms with E-state index in [0.717, 1.165) is 26.0 Å². The molecule has 14 heavy (non-hydrogen) atoms. The molecule has 0 aromatic carbocycles. The van der Waals surface area contributed by atoms with Gasteiger partial charge in [0.25, 0.3) is 0 Å². The van der Waals surface area contributed by atoms with Crippen molar-refractivity contribution in [2.45, 2.75) is 44.7 Å². The fourth-order valence-electron chi connectivity index (χ4n) is 2.25. The van der Waals surface area contributed by atoms with E-state index in [1.807, 2.05) is 0 Å². The standard InChI is InChI=1S/C11H23NO2/c1-10(6-8-14-2)12-7-4-3-5-11(12)9-13/h10-11,13H,3-9H2,1-2H3. The van der Waals surface area contributed by atoms with Gasteiger partial charge in [-0.1, -0.05) is 6.42 Å². The van der Waals surface area contributed by atoms with Crippen molar-refractivity contribution >= 4 is 0 Å². The van der Waals surface area contributed by atoms with Crippen molar-refractivity contribution in [3.05, 3.63) is 0 Å². The molecule has 0 saturated carbocycles. The van der Waals surface area contributed by atoms with Crippen LogP contribution in [0, 0.1) is 0 Å². The molecule has 1 rings (SSSR count). The molecule has 0 aromatic heterocycles. The third-order valence-electron chi connectivity index (χ3n) is 3.19. The minimum Gasteiger partial charge on any atom is -0.395 e. The van der Waals surface area contributed by atoms with Crippen LogP contribution in [0.4, 0.5) is 0 Å². The molecular weight excluding hydrogens is 178 g/mol. The molecule has 0 bridgehead atoms. The van der Waals surface area contributed by atoms with Gasteiger partial charge < -0.3 is 9.84 Å². The van der Waals surface area contributed by atoms with Crippen LogP contribution in [0.1, 0.15) is 32.6 Å². The Balaban J connectivity index is 2.37. The summed E-state index contributed by atoms with van der Waals surface area (Å²) in [6.45, 7) is 4.48. The highest BCUT2D eigenvalue weighted by Crippen LogP contribution is 2.20. The number of piperidine rings is 1. The van der Waals surface area contributed by atoms with Gasteiger partial charge >= 0.3 is 0 Å². The van der Waals surface area contributed by atoms with E-state index in [1.54, 1.807) is 7.11 Å². The van der Waals surface area contributed by atoms with Crippen LogP contribution in [0.5, 0.6) is 0 Å². The fraction of sp³-hybridized carbons (Fsp3) is 1.00. The molecule has 0 radical (unpaired) electrons. The second-order valence-electron chi connectivity index (χ2n) is 4.20. The van der Waals surface area contributed by atoms with Gasteiger partial charge in [-0.05, 0) is 32.7 Å². The van der Waals surface area contributed by atoms with Crippen LogP contribution >= 0.6 is 0 Å². The predicted octanol–water partition coefficient (Wildman–Crippen LogP) is 1.26. The minimum absolute atomic E-state index is 0.303. The lowest BCUT2D eigenvalue weighted by Gasteiger charge is -2.39. The van der Waals surface area contributed by atoms with Crippen molar-refractivity contribution in [1.82, 2.24) is 4.90 Å². The summed E-state index contributed by atoms with van der Waals surface area (Å²) in [7, 11) is 1.74. The van der Waals surface area contributed by atoms with Gasteiger partial charge in [0.1, 0.15) is 0 Å². The molecule has 1 aliphatic rings. The lowest BCUT2D eigenvalue weighted by Crippen LogP contribution is -2.47. The zero-order valence-electron chi connectivity index (χ0n) is 9.41. The zero-order valence-corrected chi connectivity index (χ0v) is 9.41. The highest BCUT2D eigenvalue weighted by atomic mass is 16.5. The third-order valence-corrected chi connectivity index (χ3v) is 3.19. The first kappa shape index (κ1) is 12.0. The third kappa shape index (κ3) is 3.23. The first-order valence-electron chi connectivity index (χ1n) is 5.65. The highest BCUT2D eigenvalue weighted by Gasteiger charge is 2.25. The molecule has 0 amide bonds. The van der Waals surface area contributed by atoms with E-state index in [-0.39, 0.29) is 0 Å². The maximum Gasteiger partial charge on any atom is 0.0586 e. The average Bonchev–Trinajstić information content (AvgIpc) is 2.25. The summed E-state index contributed by atoms with van der Waals surface area (Å²) >= 11 is 0. The Morgan fingerprint density at radius 1 is 1.50 bits per heavy atom. The first-order chi connectivity index (χ1) is 6.79. The molecular formula is C11H23NO2. The Kier molecular flexibility index (Phi) is 5.45. The molecule has 1 aliphatic heterocycles. The predicted molar refractivity (Wildman–Crippen MR) is 57.4 cm³/mol. The Bertz CT molecular complexity index is 152. The quantitative estimate of drug-likeness (QED) is 0.727. The fourth-order valence-corrected chi connectivity index (χ4v) is 2.25. The minimum atomic E-state index is 0.303. The summed E-state index contributed by atoms with van der Waals surface area (Å²) in [5.41, 5.74) is 0. The summed E-state index contributed by atoms with van der Waals surface area (Å²) in [5.74, 6) is 0. The van der Waals surface area contributed by atoms with Crippen molar-refractivity contribution in [3.8, 4) is 0 Å². The molecule has 2 atom stereocenters. The summed E-state index contributed by atoms with van der Waals surface area (Å²) in [6.07, 6.45) is 4.74. The zero-order chi connectivity index (χ0) is 10.4. The van der Waals surface area contributed by atoms with Crippen LogP contribution < -0.4 is 0 Å². The van der Waals surface area contributed by atoms with Crippen LogP contribution in [0.25, 0.3) is 0 Å². The maximum absolute atomic E-state index is 9.26. The largest absolute Gasteiger partial charge is 0.395 e. The smallest absolute Gasteiger partial charge is 0.0586 e. The van der Waals surface area contributed by atoms with Gasteiger partial charge in [-0.3, -0.25) is 4.90 Å². The number of hydrogen-bond donors (Lipinski definition) is 1. The Morgan fingerprint density at radius 3 is 2.93 bits per heavy atom. The van der Waals surface area contributed by atoms with E-state index in [2.05, 4.69) is 11.8 Å². The molecule has 0 aliphatic carbocycles. The highest BCUT2D eigenvalue weighted by molar-refractivity contribution is 4.80. The van der Waals surface area contributed by atoms with Crippen LogP contribution in [0.15, 0.2) is 0 Å². The van der Waals surface area contributed by atoms with Gasteiger partial charge in [-0.25, -0.2) is 0 Å². The number of likely N-dealkylation sites (tertiary alicyclic amines) is 1. The van der Waals surface area contributed by atoms with Crippen molar-refractivity contribution < 1.29 is 9.84 Å². The van der Waals surface area contributed by atoms with E-state index in [0.29, 0.717) is 18.7 Å². The van der Waals surface area contributed by atoms with E-state index in [1.165, 1.54) is 12.8 Å². The number of hydrogen-bond acceptors (Lipinski definition) is 3. The lowest BCUT2D eigenvalue weighted by atomic mass is 10.00. The van der Waals surface area contributed by atoms with Gasteiger partial charge in [-0.15, -0.1) is 0 Å². The molecule has 1 fully saturated rings. The monoisotopic (exact) mass is 201 g/mol. The first-order valence-corrected chi connectivity index (χ1v) is 5.65. The van der Waals surface area contributed by atoms with Gasteiger partial charge in [0.2, 0.25) is 0 Å². The van der Waals surface area contributed by atoms with Gasteiger partial charge in [0, 0.05) is 25.8 Å². The topological polar surface area (TPSA) is 32.7 Å². The maximum atomic E-state index is 9.26. The van der Waals surface area contributed by atoms with Crippen molar-refractivity contribution in [2.75, 3.05) is 26.9 Å². The van der Waals surface area contributed by atoms with Crippen LogP contribution in [-0.4, -0.2) is 49.0 Å². The summed E-state index contributed by atoms with van der Waals surface area (Å²) in [4.78, 5) is 2.43. The Labute approximate surface area is 87.1 Å². The van der Waals surface area contributed by atoms with Crippen molar-refractivity contribution in [3.63, 3.8) is 0 Å². The number of methoxy groups -OCH3 is 1. The number of nitrogens with zero attached hydrogens (tertiary/aromatic N) is 1. The van der Waals surface area contributed by atoms with Gasteiger partial charge in [-0.2, -0.15) is 0 Å². The second-order valence-corrected chi connectivity index (χ2v) is 4.20. The van der Waals surface area contributed by atoms with E-state index >= 15 is 0 Å². The van der Waals surface area contributed by atoms with Gasteiger partial charge in [0.15, 0.2) is 0 Å². The molecule has 1 heterocycles. The summed E-state index contributed by atoms with van der Waals surface area (Å²) in [6, 6.07) is 0.919. The number of ether oxygens (including phenoxy) is 1. The summed E-state index contributed by atoms with van der Waals surface area (Å²) in [5, 5.41) is 9.26. The number of aliphatic hydroxyl groups is 1. The van der Waals surface area contributed by atoms with Crippen molar-refractivity contribution in [1.29, 1.82) is 0 Å². The molecule has 3 heteroatoms. The molecule has 84 valence electrons. The van der Waals surface area contributed by atoms with Crippen molar-refractivity contribution in [2.24, 2.45) is 0 Å². The lowest BCUT2D eigenvalue weighted by molar-refractivity contribution is 0.0453.